The van der Waals surface area contributed by atoms with Crippen LogP contribution in [0.25, 0.3) is 6.08 Å². The molecule has 0 fully saturated rings. The van der Waals surface area contributed by atoms with Crippen LogP contribution in [-0.4, -0.2) is 13.0 Å². The van der Waals surface area contributed by atoms with Crippen LogP contribution in [0.4, 0.5) is 5.69 Å². The molecule has 0 aliphatic rings. The van der Waals surface area contributed by atoms with Gasteiger partial charge in [0, 0.05) is 10.7 Å². The zero-order valence-electron chi connectivity index (χ0n) is 11.8. The van der Waals surface area contributed by atoms with E-state index in [-0.39, 0.29) is 5.57 Å². The van der Waals surface area contributed by atoms with Gasteiger partial charge >= 0.3 is 0 Å². The minimum Gasteiger partial charge on any atom is -0.497 e. The quantitative estimate of drug-likeness (QED) is 0.688. The minimum absolute atomic E-state index is 0.00297. The monoisotopic (exact) mass is 312 g/mol. The molecule has 0 aromatic heterocycles. The fraction of sp³-hybridized carbons (Fsp3) is 0.0588. The molecule has 4 nitrogen and oxygen atoms in total. The largest absolute Gasteiger partial charge is 0.497 e. The van der Waals surface area contributed by atoms with Crippen LogP contribution in [0.5, 0.6) is 5.75 Å². The lowest BCUT2D eigenvalue weighted by Crippen LogP contribution is -2.13. The Hall–Kier alpha value is -2.77. The van der Waals surface area contributed by atoms with Gasteiger partial charge in [-0.25, -0.2) is 0 Å². The Morgan fingerprint density at radius 1 is 1.27 bits per heavy atom. The Balaban J connectivity index is 2.19. The van der Waals surface area contributed by atoms with E-state index in [4.69, 9.17) is 16.3 Å². The molecule has 0 saturated heterocycles. The molecule has 22 heavy (non-hydrogen) atoms. The van der Waals surface area contributed by atoms with Crippen molar-refractivity contribution < 1.29 is 9.53 Å². The molecule has 2 aromatic carbocycles. The average molecular weight is 313 g/mol. The number of methoxy groups -OCH3 is 1. The van der Waals surface area contributed by atoms with Crippen molar-refractivity contribution >= 4 is 29.3 Å². The maximum absolute atomic E-state index is 12.1. The molecule has 0 aliphatic carbocycles. The zero-order chi connectivity index (χ0) is 15.9. The minimum atomic E-state index is -0.479. The average Bonchev–Trinajstić information content (AvgIpc) is 2.54. The highest BCUT2D eigenvalue weighted by Crippen LogP contribution is 2.17. The smallest absolute Gasteiger partial charge is 0.266 e. The molecule has 0 unspecified atom stereocenters. The Bertz CT molecular complexity index is 746. The number of benzene rings is 2. The van der Waals surface area contributed by atoms with Crippen molar-refractivity contribution in [3.05, 3.63) is 64.7 Å². The van der Waals surface area contributed by atoms with E-state index in [1.54, 1.807) is 55.6 Å². The Labute approximate surface area is 133 Å². The van der Waals surface area contributed by atoms with Gasteiger partial charge in [-0.05, 0) is 48.0 Å². The van der Waals surface area contributed by atoms with Crippen LogP contribution in [0.15, 0.2) is 54.1 Å². The van der Waals surface area contributed by atoms with Crippen LogP contribution in [0.2, 0.25) is 5.02 Å². The van der Waals surface area contributed by atoms with Gasteiger partial charge < -0.3 is 10.1 Å². The van der Waals surface area contributed by atoms with E-state index < -0.39 is 5.91 Å². The second-order valence-electron chi connectivity index (χ2n) is 4.41. The first-order chi connectivity index (χ1) is 10.6. The van der Waals surface area contributed by atoms with Gasteiger partial charge in [0.1, 0.15) is 17.4 Å². The number of carbonyl (C=O) groups is 1. The van der Waals surface area contributed by atoms with Crippen molar-refractivity contribution in [3.8, 4) is 11.8 Å². The topological polar surface area (TPSA) is 62.1 Å². The van der Waals surface area contributed by atoms with E-state index in [2.05, 4.69) is 5.32 Å². The summed E-state index contributed by atoms with van der Waals surface area (Å²) < 4.78 is 5.11. The number of hydrogen-bond acceptors (Lipinski definition) is 3. The first-order valence-electron chi connectivity index (χ1n) is 6.45. The molecular formula is C17H13ClN2O2. The van der Waals surface area contributed by atoms with Crippen molar-refractivity contribution in [3.63, 3.8) is 0 Å². The van der Waals surface area contributed by atoms with Crippen LogP contribution in [0.1, 0.15) is 5.56 Å². The maximum Gasteiger partial charge on any atom is 0.266 e. The number of halogens is 1. The summed E-state index contributed by atoms with van der Waals surface area (Å²) in [4.78, 5) is 12.1. The fourth-order valence-corrected chi connectivity index (χ4v) is 1.90. The van der Waals surface area contributed by atoms with Crippen molar-refractivity contribution in [1.82, 2.24) is 0 Å². The van der Waals surface area contributed by atoms with Crippen molar-refractivity contribution in [2.75, 3.05) is 12.4 Å². The molecule has 5 heteroatoms. The second kappa shape index (κ2) is 7.30. The van der Waals surface area contributed by atoms with E-state index in [9.17, 15) is 10.1 Å². The zero-order valence-corrected chi connectivity index (χ0v) is 12.6. The molecule has 0 heterocycles. The van der Waals surface area contributed by atoms with Crippen LogP contribution in [0.3, 0.4) is 0 Å². The highest BCUT2D eigenvalue weighted by molar-refractivity contribution is 6.30. The molecule has 0 radical (unpaired) electrons. The predicted molar refractivity (Wildman–Crippen MR) is 86.7 cm³/mol. The third-order valence-electron chi connectivity index (χ3n) is 2.87. The summed E-state index contributed by atoms with van der Waals surface area (Å²) in [6, 6.07) is 15.7. The summed E-state index contributed by atoms with van der Waals surface area (Å²) in [5, 5.41) is 12.4. The molecule has 2 aromatic rings. The van der Waals surface area contributed by atoms with E-state index in [0.717, 1.165) is 0 Å². The van der Waals surface area contributed by atoms with E-state index in [1.807, 2.05) is 6.07 Å². The van der Waals surface area contributed by atoms with Crippen molar-refractivity contribution in [2.45, 2.75) is 0 Å². The molecule has 0 bridgehead atoms. The summed E-state index contributed by atoms with van der Waals surface area (Å²) in [6.45, 7) is 0. The maximum atomic E-state index is 12.1. The molecule has 0 aliphatic heterocycles. The number of anilines is 1. The number of nitriles is 1. The second-order valence-corrected chi connectivity index (χ2v) is 4.84. The highest BCUT2D eigenvalue weighted by Gasteiger charge is 2.09. The molecule has 1 amide bonds. The number of ether oxygens (including phenoxy) is 1. The standard InChI is InChI=1S/C17H13ClN2O2/c1-22-16-4-2-3-12(10-16)9-13(11-19)17(21)20-15-7-5-14(18)6-8-15/h2-10H,1H3,(H,20,21)/b13-9-. The van der Waals surface area contributed by atoms with Gasteiger partial charge in [0.15, 0.2) is 0 Å². The van der Waals surface area contributed by atoms with Gasteiger partial charge in [0.2, 0.25) is 0 Å². The number of carbonyl (C=O) groups excluding carboxylic acids is 1. The summed E-state index contributed by atoms with van der Waals surface area (Å²) in [7, 11) is 1.56. The summed E-state index contributed by atoms with van der Waals surface area (Å²) in [6.07, 6.45) is 1.51. The van der Waals surface area contributed by atoms with Gasteiger partial charge in [-0.1, -0.05) is 23.7 Å². The molecule has 0 atom stereocenters. The van der Waals surface area contributed by atoms with Crippen LogP contribution in [0, 0.1) is 11.3 Å². The SMILES string of the molecule is COc1cccc(/C=C(/C#N)C(=O)Nc2ccc(Cl)cc2)c1. The molecule has 2 rings (SSSR count). The Kier molecular flexibility index (Phi) is 5.18. The van der Waals surface area contributed by atoms with E-state index >= 15 is 0 Å². The lowest BCUT2D eigenvalue weighted by Gasteiger charge is -2.05. The lowest BCUT2D eigenvalue weighted by atomic mass is 10.1. The third-order valence-corrected chi connectivity index (χ3v) is 3.12. The predicted octanol–water partition coefficient (Wildman–Crippen LogP) is 3.89. The van der Waals surface area contributed by atoms with Gasteiger partial charge in [0.25, 0.3) is 5.91 Å². The van der Waals surface area contributed by atoms with Crippen molar-refractivity contribution in [2.24, 2.45) is 0 Å². The third kappa shape index (κ3) is 4.11. The fourth-order valence-electron chi connectivity index (χ4n) is 1.78. The molecule has 0 saturated carbocycles. The molecule has 110 valence electrons. The number of hydrogen-bond donors (Lipinski definition) is 1. The summed E-state index contributed by atoms with van der Waals surface area (Å²) >= 11 is 5.79. The van der Waals surface area contributed by atoms with Crippen LogP contribution in [-0.2, 0) is 4.79 Å². The number of nitrogens with zero attached hydrogens (tertiary/aromatic N) is 1. The van der Waals surface area contributed by atoms with Crippen LogP contribution < -0.4 is 10.1 Å². The van der Waals surface area contributed by atoms with Crippen molar-refractivity contribution in [1.29, 1.82) is 5.26 Å². The summed E-state index contributed by atoms with van der Waals surface area (Å²) in [5.74, 6) is 0.178. The van der Waals surface area contributed by atoms with Gasteiger partial charge in [-0.2, -0.15) is 5.26 Å². The molecule has 1 N–H and O–H groups in total. The first kappa shape index (κ1) is 15.6. The van der Waals surface area contributed by atoms with E-state index in [0.29, 0.717) is 22.0 Å². The van der Waals surface area contributed by atoms with E-state index in [1.165, 1.54) is 6.08 Å². The van der Waals surface area contributed by atoms with Gasteiger partial charge in [-0.15, -0.1) is 0 Å². The van der Waals surface area contributed by atoms with Gasteiger partial charge in [0.05, 0.1) is 7.11 Å². The number of amides is 1. The number of rotatable bonds is 4. The Morgan fingerprint density at radius 3 is 2.64 bits per heavy atom. The molecule has 0 spiro atoms. The Morgan fingerprint density at radius 2 is 2.00 bits per heavy atom. The number of nitrogens with one attached hydrogen (secondary N) is 1. The molecular weight excluding hydrogens is 300 g/mol. The first-order valence-corrected chi connectivity index (χ1v) is 6.83. The van der Waals surface area contributed by atoms with Gasteiger partial charge in [-0.3, -0.25) is 4.79 Å². The van der Waals surface area contributed by atoms with Crippen LogP contribution >= 0.6 is 11.6 Å². The normalized spacial score (nSPS) is 10.7. The lowest BCUT2D eigenvalue weighted by molar-refractivity contribution is -0.112. The summed E-state index contributed by atoms with van der Waals surface area (Å²) in [5.41, 5.74) is 1.28. The highest BCUT2D eigenvalue weighted by atomic mass is 35.5.